The lowest BCUT2D eigenvalue weighted by Crippen LogP contribution is -2.20. The van der Waals surface area contributed by atoms with Crippen LogP contribution in [-0.4, -0.2) is 11.0 Å². The van der Waals surface area contributed by atoms with Gasteiger partial charge in [-0.1, -0.05) is 54.6 Å². The van der Waals surface area contributed by atoms with E-state index in [0.717, 1.165) is 16.7 Å². The molecule has 0 fully saturated rings. The van der Waals surface area contributed by atoms with Crippen LogP contribution in [0.3, 0.4) is 0 Å². The highest BCUT2D eigenvalue weighted by Gasteiger charge is 2.18. The number of amides is 1. The second-order valence-corrected chi connectivity index (χ2v) is 4.95. The maximum Gasteiger partial charge on any atom is 0.254 e. The number of carbonyl (C=O) groups excluding carboxylic acids is 1. The normalized spacial score (nSPS) is 12.0. The first-order valence-electron chi connectivity index (χ1n) is 6.88. The highest BCUT2D eigenvalue weighted by atomic mass is 16.4. The Hall–Kier alpha value is -2.85. The van der Waals surface area contributed by atoms with Crippen molar-refractivity contribution < 1.29 is 14.3 Å². The Kier molecular flexibility index (Phi) is 3.76. The summed E-state index contributed by atoms with van der Waals surface area (Å²) in [6, 6.07) is 21.2. The Morgan fingerprint density at radius 3 is 2.09 bits per heavy atom. The summed E-state index contributed by atoms with van der Waals surface area (Å²) < 4.78 is 5.49. The van der Waals surface area contributed by atoms with Crippen LogP contribution in [0.15, 0.2) is 71.1 Å². The van der Waals surface area contributed by atoms with Crippen LogP contribution in [0.5, 0.6) is 0 Å². The van der Waals surface area contributed by atoms with E-state index in [1.807, 2.05) is 54.6 Å². The average Bonchev–Trinajstić information content (AvgIpc) is 3.05. The van der Waals surface area contributed by atoms with Crippen LogP contribution in [0.1, 0.15) is 11.9 Å². The second-order valence-electron chi connectivity index (χ2n) is 4.95. The predicted octanol–water partition coefficient (Wildman–Crippen LogP) is 3.13. The van der Waals surface area contributed by atoms with Gasteiger partial charge in [-0.15, -0.1) is 0 Å². The van der Waals surface area contributed by atoms with Crippen molar-refractivity contribution in [2.75, 3.05) is 0 Å². The maximum atomic E-state index is 11.0. The van der Waals surface area contributed by atoms with Crippen LogP contribution in [-0.2, 0) is 4.79 Å². The minimum atomic E-state index is -1.42. The smallest absolute Gasteiger partial charge is 0.254 e. The summed E-state index contributed by atoms with van der Waals surface area (Å²) in [4.78, 5) is 11.0. The molecule has 0 saturated carbocycles. The fraction of sp³-hybridized carbons (Fsp3) is 0.0556. The molecule has 0 aliphatic carbocycles. The van der Waals surface area contributed by atoms with E-state index in [-0.39, 0.29) is 5.76 Å². The van der Waals surface area contributed by atoms with E-state index >= 15 is 0 Å². The van der Waals surface area contributed by atoms with Crippen LogP contribution in [0.25, 0.3) is 22.5 Å². The molecule has 1 aromatic heterocycles. The Labute approximate surface area is 127 Å². The zero-order valence-electron chi connectivity index (χ0n) is 11.8. The molecule has 1 amide bonds. The molecule has 4 heteroatoms. The summed E-state index contributed by atoms with van der Waals surface area (Å²) >= 11 is 0. The highest BCUT2D eigenvalue weighted by Crippen LogP contribution is 2.27. The zero-order valence-corrected chi connectivity index (χ0v) is 11.8. The van der Waals surface area contributed by atoms with Crippen LogP contribution >= 0.6 is 0 Å². The molecular formula is C18H15NO3. The average molecular weight is 293 g/mol. The molecule has 2 aromatic carbocycles. The number of rotatable bonds is 4. The first-order valence-corrected chi connectivity index (χ1v) is 6.88. The van der Waals surface area contributed by atoms with Gasteiger partial charge in [-0.25, -0.2) is 0 Å². The van der Waals surface area contributed by atoms with E-state index in [2.05, 4.69) is 0 Å². The van der Waals surface area contributed by atoms with Crippen molar-refractivity contribution in [3.05, 3.63) is 72.5 Å². The molecule has 22 heavy (non-hydrogen) atoms. The minimum absolute atomic E-state index is 0.148. The fourth-order valence-electron chi connectivity index (χ4n) is 2.25. The monoisotopic (exact) mass is 293 g/mol. The van der Waals surface area contributed by atoms with Gasteiger partial charge in [0.05, 0.1) is 0 Å². The molecule has 0 spiro atoms. The molecule has 0 aliphatic heterocycles. The number of aliphatic hydroxyl groups excluding tert-OH is 1. The van der Waals surface area contributed by atoms with E-state index in [4.69, 9.17) is 10.2 Å². The third kappa shape index (κ3) is 2.77. The molecule has 110 valence electrons. The number of hydrogen-bond acceptors (Lipinski definition) is 3. The quantitative estimate of drug-likeness (QED) is 0.776. The van der Waals surface area contributed by atoms with E-state index in [1.165, 1.54) is 0 Å². The number of aliphatic hydroxyl groups is 1. The van der Waals surface area contributed by atoms with Gasteiger partial charge in [0, 0.05) is 5.56 Å². The van der Waals surface area contributed by atoms with Crippen molar-refractivity contribution in [2.24, 2.45) is 5.73 Å². The summed E-state index contributed by atoms with van der Waals surface area (Å²) in [5.74, 6) is -0.107. The molecule has 3 aromatic rings. The van der Waals surface area contributed by atoms with E-state index in [9.17, 15) is 9.90 Å². The van der Waals surface area contributed by atoms with Gasteiger partial charge in [0.25, 0.3) is 5.91 Å². The topological polar surface area (TPSA) is 76.5 Å². The van der Waals surface area contributed by atoms with E-state index < -0.39 is 12.0 Å². The SMILES string of the molecule is NC(=O)C(O)c1ccc(-c2ccc(-c3ccccc3)cc2)o1. The summed E-state index contributed by atoms with van der Waals surface area (Å²) in [6.45, 7) is 0. The predicted molar refractivity (Wildman–Crippen MR) is 83.7 cm³/mol. The Morgan fingerprint density at radius 1 is 0.864 bits per heavy atom. The van der Waals surface area contributed by atoms with Gasteiger partial charge in [0.1, 0.15) is 11.5 Å². The molecule has 1 unspecified atom stereocenters. The molecule has 4 nitrogen and oxygen atoms in total. The molecule has 3 N–H and O–H groups in total. The number of nitrogens with two attached hydrogens (primary N) is 1. The van der Waals surface area contributed by atoms with Gasteiger partial charge >= 0.3 is 0 Å². The molecule has 0 saturated heterocycles. The second kappa shape index (κ2) is 5.87. The van der Waals surface area contributed by atoms with Crippen LogP contribution in [0.2, 0.25) is 0 Å². The van der Waals surface area contributed by atoms with E-state index in [0.29, 0.717) is 5.76 Å². The fourth-order valence-corrected chi connectivity index (χ4v) is 2.25. The number of furan rings is 1. The highest BCUT2D eigenvalue weighted by molar-refractivity contribution is 5.79. The number of hydrogen-bond donors (Lipinski definition) is 2. The van der Waals surface area contributed by atoms with Gasteiger partial charge in [-0.3, -0.25) is 4.79 Å². The number of benzene rings is 2. The van der Waals surface area contributed by atoms with Crippen LogP contribution in [0, 0.1) is 0 Å². The van der Waals surface area contributed by atoms with Crippen LogP contribution in [0.4, 0.5) is 0 Å². The van der Waals surface area contributed by atoms with Crippen molar-refractivity contribution in [1.29, 1.82) is 0 Å². The Balaban J connectivity index is 1.86. The third-order valence-electron chi connectivity index (χ3n) is 3.44. The molecule has 3 rings (SSSR count). The van der Waals surface area contributed by atoms with Crippen molar-refractivity contribution in [3.63, 3.8) is 0 Å². The first-order chi connectivity index (χ1) is 10.6. The van der Waals surface area contributed by atoms with Crippen molar-refractivity contribution in [1.82, 2.24) is 0 Å². The van der Waals surface area contributed by atoms with Crippen molar-refractivity contribution >= 4 is 5.91 Å². The number of primary amides is 1. The molecule has 1 heterocycles. The van der Waals surface area contributed by atoms with Crippen molar-refractivity contribution in [3.8, 4) is 22.5 Å². The minimum Gasteiger partial charge on any atom is -0.458 e. The van der Waals surface area contributed by atoms with Gasteiger partial charge < -0.3 is 15.3 Å². The van der Waals surface area contributed by atoms with Crippen LogP contribution < -0.4 is 5.73 Å². The largest absolute Gasteiger partial charge is 0.458 e. The van der Waals surface area contributed by atoms with Gasteiger partial charge in [-0.2, -0.15) is 0 Å². The first kappa shape index (κ1) is 14.1. The Morgan fingerprint density at radius 2 is 1.45 bits per heavy atom. The maximum absolute atomic E-state index is 11.0. The standard InChI is InChI=1S/C18H15NO3/c19-18(21)17(20)16-11-10-15(22-16)14-8-6-13(7-9-14)12-4-2-1-3-5-12/h1-11,17,20H,(H2,19,21). The van der Waals surface area contributed by atoms with Gasteiger partial charge in [0.2, 0.25) is 0 Å². The lowest BCUT2D eigenvalue weighted by molar-refractivity contribution is -0.127. The molecule has 1 atom stereocenters. The van der Waals surface area contributed by atoms with Gasteiger partial charge in [0.15, 0.2) is 6.10 Å². The zero-order chi connectivity index (χ0) is 15.5. The van der Waals surface area contributed by atoms with Gasteiger partial charge in [-0.05, 0) is 23.3 Å². The summed E-state index contributed by atoms with van der Waals surface area (Å²) in [5.41, 5.74) is 8.16. The lowest BCUT2D eigenvalue weighted by Gasteiger charge is -2.04. The molecule has 0 bridgehead atoms. The lowest BCUT2D eigenvalue weighted by atomic mass is 10.0. The van der Waals surface area contributed by atoms with E-state index in [1.54, 1.807) is 12.1 Å². The summed E-state index contributed by atoms with van der Waals surface area (Å²) in [5, 5.41) is 9.58. The molecule has 0 radical (unpaired) electrons. The summed E-state index contributed by atoms with van der Waals surface area (Å²) in [7, 11) is 0. The number of carbonyl (C=O) groups is 1. The third-order valence-corrected chi connectivity index (χ3v) is 3.44. The summed E-state index contributed by atoms with van der Waals surface area (Å²) in [6.07, 6.45) is -1.42. The molecular weight excluding hydrogens is 278 g/mol. The molecule has 0 aliphatic rings. The van der Waals surface area contributed by atoms with Crippen molar-refractivity contribution in [2.45, 2.75) is 6.10 Å². The Bertz CT molecular complexity index is 776.